The molecule has 2 heterocycles. The van der Waals surface area contributed by atoms with E-state index in [1.54, 1.807) is 17.9 Å². The zero-order valence-corrected chi connectivity index (χ0v) is 13.0. The quantitative estimate of drug-likeness (QED) is 0.871. The Hall–Kier alpha value is -1.83. The highest BCUT2D eigenvalue weighted by molar-refractivity contribution is 7.99. The van der Waals surface area contributed by atoms with Gasteiger partial charge in [0.25, 0.3) is 5.95 Å². The van der Waals surface area contributed by atoms with Crippen molar-refractivity contribution in [2.45, 2.75) is 30.6 Å². The van der Waals surface area contributed by atoms with Crippen LogP contribution in [0.15, 0.2) is 18.5 Å². The van der Waals surface area contributed by atoms with Crippen molar-refractivity contribution in [3.05, 3.63) is 18.5 Å². The van der Waals surface area contributed by atoms with Crippen LogP contribution in [0.5, 0.6) is 0 Å². The molecule has 0 bridgehead atoms. The maximum Gasteiger partial charge on any atom is 0.257 e. The maximum atomic E-state index is 4.47. The van der Waals surface area contributed by atoms with E-state index in [2.05, 4.69) is 36.9 Å². The highest BCUT2D eigenvalue weighted by Crippen LogP contribution is 2.30. The lowest BCUT2D eigenvalue weighted by atomic mass is 10.2. The van der Waals surface area contributed by atoms with Gasteiger partial charge in [0.15, 0.2) is 0 Å². The predicted octanol–water partition coefficient (Wildman–Crippen LogP) is 1.79. The molecule has 0 amide bonds. The van der Waals surface area contributed by atoms with E-state index < -0.39 is 0 Å². The van der Waals surface area contributed by atoms with Crippen molar-refractivity contribution in [2.24, 2.45) is 0 Å². The number of hydrogen-bond acceptors (Lipinski definition) is 7. The van der Waals surface area contributed by atoms with Crippen molar-refractivity contribution in [1.29, 1.82) is 0 Å². The number of nitrogens with one attached hydrogen (secondary N) is 2. The molecule has 2 aromatic rings. The summed E-state index contributed by atoms with van der Waals surface area (Å²) in [5.41, 5.74) is 0. The van der Waals surface area contributed by atoms with E-state index in [-0.39, 0.29) is 0 Å². The van der Waals surface area contributed by atoms with Crippen LogP contribution in [0, 0.1) is 0 Å². The third-order valence-electron chi connectivity index (χ3n) is 3.63. The van der Waals surface area contributed by atoms with Crippen LogP contribution in [-0.2, 0) is 0 Å². The first-order valence-electron chi connectivity index (χ1n) is 7.03. The molecular weight excluding hydrogens is 286 g/mol. The highest BCUT2D eigenvalue weighted by Gasteiger charge is 2.27. The monoisotopic (exact) mass is 305 g/mol. The Labute approximate surface area is 128 Å². The molecule has 0 saturated heterocycles. The molecule has 2 N–H and O–H groups in total. The average Bonchev–Trinajstić information content (AvgIpc) is 3.18. The molecule has 1 saturated carbocycles. The Balaban J connectivity index is 1.86. The molecule has 1 aliphatic rings. The van der Waals surface area contributed by atoms with Gasteiger partial charge in [0.2, 0.25) is 11.9 Å². The molecule has 3 rings (SSSR count). The first kappa shape index (κ1) is 14.1. The molecular formula is C13H19N7S. The SMILES string of the molecule is CNc1nc(NC2CCCC2SC)nc(-n2cccn2)n1. The van der Waals surface area contributed by atoms with Gasteiger partial charge in [0.1, 0.15) is 0 Å². The third-order valence-corrected chi connectivity index (χ3v) is 4.80. The van der Waals surface area contributed by atoms with Crippen molar-refractivity contribution < 1.29 is 0 Å². The van der Waals surface area contributed by atoms with E-state index in [1.165, 1.54) is 12.8 Å². The Morgan fingerprint density at radius 1 is 1.24 bits per heavy atom. The summed E-state index contributed by atoms with van der Waals surface area (Å²) >= 11 is 1.90. The molecule has 0 spiro atoms. The second kappa shape index (κ2) is 6.30. The lowest BCUT2D eigenvalue weighted by Gasteiger charge is -2.19. The third kappa shape index (κ3) is 3.10. The molecule has 1 fully saturated rings. The summed E-state index contributed by atoms with van der Waals surface area (Å²) in [4.78, 5) is 13.2. The first-order valence-corrected chi connectivity index (χ1v) is 8.32. The number of rotatable bonds is 5. The smallest absolute Gasteiger partial charge is 0.257 e. The highest BCUT2D eigenvalue weighted by atomic mass is 32.2. The van der Waals surface area contributed by atoms with Crippen molar-refractivity contribution in [2.75, 3.05) is 23.9 Å². The van der Waals surface area contributed by atoms with Gasteiger partial charge in [0.05, 0.1) is 0 Å². The van der Waals surface area contributed by atoms with Crippen molar-refractivity contribution in [1.82, 2.24) is 24.7 Å². The predicted molar refractivity (Wildman–Crippen MR) is 85.1 cm³/mol. The average molecular weight is 305 g/mol. The molecule has 21 heavy (non-hydrogen) atoms. The van der Waals surface area contributed by atoms with E-state index in [9.17, 15) is 0 Å². The Kier molecular flexibility index (Phi) is 4.23. The zero-order chi connectivity index (χ0) is 14.7. The summed E-state index contributed by atoms with van der Waals surface area (Å²) in [7, 11) is 1.80. The van der Waals surface area contributed by atoms with Gasteiger partial charge in [-0.1, -0.05) is 6.42 Å². The summed E-state index contributed by atoms with van der Waals surface area (Å²) in [6.45, 7) is 0. The summed E-state index contributed by atoms with van der Waals surface area (Å²) in [5.74, 6) is 1.66. The van der Waals surface area contributed by atoms with Crippen LogP contribution < -0.4 is 10.6 Å². The van der Waals surface area contributed by atoms with Crippen molar-refractivity contribution in [3.63, 3.8) is 0 Å². The summed E-state index contributed by atoms with van der Waals surface area (Å²) in [6, 6.07) is 2.26. The molecule has 2 atom stereocenters. The van der Waals surface area contributed by atoms with E-state index in [1.807, 2.05) is 24.0 Å². The minimum absolute atomic E-state index is 0.414. The van der Waals surface area contributed by atoms with Crippen LogP contribution in [0.25, 0.3) is 5.95 Å². The number of hydrogen-bond donors (Lipinski definition) is 2. The standard InChI is InChI=1S/C13H19N7S/c1-14-11-17-12(16-9-5-3-6-10(9)21-2)19-13(18-11)20-8-4-7-15-20/h4,7-10H,3,5-6H2,1-2H3,(H2,14,16,17,18,19). The Bertz CT molecular complexity index is 586. The van der Waals surface area contributed by atoms with Crippen molar-refractivity contribution in [3.8, 4) is 5.95 Å². The normalized spacial score (nSPS) is 21.4. The zero-order valence-electron chi connectivity index (χ0n) is 12.2. The molecule has 2 aromatic heterocycles. The fourth-order valence-electron chi connectivity index (χ4n) is 2.57. The van der Waals surface area contributed by atoms with Gasteiger partial charge >= 0.3 is 0 Å². The molecule has 0 aromatic carbocycles. The van der Waals surface area contributed by atoms with Gasteiger partial charge in [-0.2, -0.15) is 31.8 Å². The van der Waals surface area contributed by atoms with Crippen LogP contribution in [0.2, 0.25) is 0 Å². The molecule has 7 nitrogen and oxygen atoms in total. The number of anilines is 2. The van der Waals surface area contributed by atoms with E-state index in [4.69, 9.17) is 0 Å². The summed E-state index contributed by atoms with van der Waals surface area (Å²) < 4.78 is 1.63. The van der Waals surface area contributed by atoms with Gasteiger partial charge in [-0.15, -0.1) is 0 Å². The summed E-state index contributed by atoms with van der Waals surface area (Å²) in [5, 5.41) is 11.2. The minimum Gasteiger partial charge on any atom is -0.357 e. The molecule has 0 aliphatic heterocycles. The fourth-order valence-corrected chi connectivity index (χ4v) is 3.50. The van der Waals surface area contributed by atoms with Crippen LogP contribution in [0.3, 0.4) is 0 Å². The van der Waals surface area contributed by atoms with Crippen LogP contribution in [-0.4, -0.2) is 49.3 Å². The number of nitrogens with zero attached hydrogens (tertiary/aromatic N) is 5. The van der Waals surface area contributed by atoms with Crippen LogP contribution >= 0.6 is 11.8 Å². The molecule has 112 valence electrons. The lowest BCUT2D eigenvalue weighted by molar-refractivity contribution is 0.743. The largest absolute Gasteiger partial charge is 0.357 e. The maximum absolute atomic E-state index is 4.47. The van der Waals surface area contributed by atoms with Crippen LogP contribution in [0.4, 0.5) is 11.9 Å². The summed E-state index contributed by atoms with van der Waals surface area (Å²) in [6.07, 6.45) is 9.33. The van der Waals surface area contributed by atoms with Crippen molar-refractivity contribution >= 4 is 23.7 Å². The molecule has 2 unspecified atom stereocenters. The fraction of sp³-hybridized carbons (Fsp3) is 0.538. The van der Waals surface area contributed by atoms with Gasteiger partial charge in [-0.05, 0) is 25.2 Å². The van der Waals surface area contributed by atoms with E-state index >= 15 is 0 Å². The first-order chi connectivity index (χ1) is 10.3. The van der Waals surface area contributed by atoms with Crippen LogP contribution in [0.1, 0.15) is 19.3 Å². The molecule has 0 radical (unpaired) electrons. The number of thioether (sulfide) groups is 1. The Morgan fingerprint density at radius 3 is 2.81 bits per heavy atom. The number of aromatic nitrogens is 5. The Morgan fingerprint density at radius 2 is 2.10 bits per heavy atom. The lowest BCUT2D eigenvalue weighted by Crippen LogP contribution is -2.27. The second-order valence-electron chi connectivity index (χ2n) is 4.94. The van der Waals surface area contributed by atoms with Gasteiger partial charge in [-0.3, -0.25) is 0 Å². The molecule has 8 heteroatoms. The topological polar surface area (TPSA) is 80.5 Å². The van der Waals surface area contributed by atoms with E-state index in [0.29, 0.717) is 29.1 Å². The van der Waals surface area contributed by atoms with Gasteiger partial charge in [-0.25, -0.2) is 4.68 Å². The van der Waals surface area contributed by atoms with Gasteiger partial charge in [0, 0.05) is 30.7 Å². The second-order valence-corrected chi connectivity index (χ2v) is 6.02. The van der Waals surface area contributed by atoms with Gasteiger partial charge < -0.3 is 10.6 Å². The van der Waals surface area contributed by atoms with E-state index in [0.717, 1.165) is 6.42 Å². The molecule has 1 aliphatic carbocycles. The minimum atomic E-state index is 0.414.